The van der Waals surface area contributed by atoms with Crippen LogP contribution in [0.3, 0.4) is 0 Å². The largest absolute Gasteiger partial charge is 0.322 e. The second kappa shape index (κ2) is 5.44. The predicted octanol–water partition coefficient (Wildman–Crippen LogP) is 2.55. The molecule has 0 radical (unpaired) electrons. The molecule has 2 N–H and O–H groups in total. The van der Waals surface area contributed by atoms with Gasteiger partial charge in [-0.3, -0.25) is 4.79 Å². The molecule has 5 nitrogen and oxygen atoms in total. The van der Waals surface area contributed by atoms with Crippen LogP contribution in [0.2, 0.25) is 10.0 Å². The van der Waals surface area contributed by atoms with E-state index in [0.717, 1.165) is 18.9 Å². The molecule has 0 bridgehead atoms. The van der Waals surface area contributed by atoms with E-state index in [2.05, 4.69) is 15.6 Å². The van der Waals surface area contributed by atoms with Gasteiger partial charge in [-0.1, -0.05) is 23.2 Å². The molecule has 3 rings (SSSR count). The maximum atomic E-state index is 12.3. The van der Waals surface area contributed by atoms with Crippen molar-refractivity contribution in [2.24, 2.45) is 0 Å². The van der Waals surface area contributed by atoms with E-state index in [1.165, 1.54) is 0 Å². The minimum Gasteiger partial charge on any atom is -0.322 e. The minimum absolute atomic E-state index is 0.241. The number of anilines is 1. The van der Waals surface area contributed by atoms with Crippen LogP contribution >= 0.6 is 23.2 Å². The van der Waals surface area contributed by atoms with E-state index >= 15 is 0 Å². The summed E-state index contributed by atoms with van der Waals surface area (Å²) in [5.74, 6) is 0.619. The standard InChI is InChI=1S/C13H12Cl2N4O/c14-8-1-2-9(15)10(5-8)18-13(20)11-6-17-12-7-16-3-4-19(11)12/h1-2,5-6,16H,3-4,7H2,(H,18,20). The molecule has 1 aliphatic heterocycles. The van der Waals surface area contributed by atoms with Gasteiger partial charge < -0.3 is 15.2 Å². The molecular weight excluding hydrogens is 299 g/mol. The Morgan fingerprint density at radius 1 is 1.40 bits per heavy atom. The molecule has 7 heteroatoms. The summed E-state index contributed by atoms with van der Waals surface area (Å²) in [6.45, 7) is 2.22. The Bertz CT molecular complexity index is 668. The second-order valence-corrected chi connectivity index (χ2v) is 5.31. The molecule has 1 amide bonds. The molecule has 1 aromatic carbocycles. The smallest absolute Gasteiger partial charge is 0.273 e. The van der Waals surface area contributed by atoms with E-state index < -0.39 is 0 Å². The number of carbonyl (C=O) groups is 1. The number of benzene rings is 1. The molecule has 0 spiro atoms. The summed E-state index contributed by atoms with van der Waals surface area (Å²) < 4.78 is 1.91. The van der Waals surface area contributed by atoms with Crippen molar-refractivity contribution in [2.75, 3.05) is 11.9 Å². The van der Waals surface area contributed by atoms with E-state index in [0.29, 0.717) is 28.0 Å². The van der Waals surface area contributed by atoms with E-state index in [9.17, 15) is 4.79 Å². The molecule has 0 unspecified atom stereocenters. The lowest BCUT2D eigenvalue weighted by molar-refractivity contribution is 0.101. The second-order valence-electron chi connectivity index (χ2n) is 4.47. The third kappa shape index (κ3) is 2.52. The molecule has 104 valence electrons. The van der Waals surface area contributed by atoms with Gasteiger partial charge in [-0.15, -0.1) is 0 Å². The number of hydrogen-bond acceptors (Lipinski definition) is 3. The van der Waals surface area contributed by atoms with Crippen molar-refractivity contribution in [3.05, 3.63) is 46.0 Å². The third-order valence-electron chi connectivity index (χ3n) is 3.14. The minimum atomic E-state index is -0.241. The summed E-state index contributed by atoms with van der Waals surface area (Å²) in [5.41, 5.74) is 1.02. The number of amides is 1. The fraction of sp³-hybridized carbons (Fsp3) is 0.231. The molecular formula is C13H12Cl2N4O. The maximum Gasteiger partial charge on any atom is 0.273 e. The molecule has 0 atom stereocenters. The fourth-order valence-electron chi connectivity index (χ4n) is 2.16. The molecule has 0 saturated heterocycles. The van der Waals surface area contributed by atoms with Crippen LogP contribution in [0.15, 0.2) is 24.4 Å². The van der Waals surface area contributed by atoms with Crippen LogP contribution in [-0.2, 0) is 13.1 Å². The van der Waals surface area contributed by atoms with Crippen molar-refractivity contribution >= 4 is 34.8 Å². The molecule has 0 aliphatic carbocycles. The lowest BCUT2D eigenvalue weighted by Crippen LogP contribution is -2.30. The zero-order valence-corrected chi connectivity index (χ0v) is 12.0. The zero-order chi connectivity index (χ0) is 14.1. The highest BCUT2D eigenvalue weighted by Gasteiger charge is 2.19. The van der Waals surface area contributed by atoms with Gasteiger partial charge in [-0.2, -0.15) is 0 Å². The molecule has 2 heterocycles. The molecule has 20 heavy (non-hydrogen) atoms. The van der Waals surface area contributed by atoms with Gasteiger partial charge in [0, 0.05) is 18.1 Å². The summed E-state index contributed by atoms with van der Waals surface area (Å²) in [4.78, 5) is 16.6. The summed E-state index contributed by atoms with van der Waals surface area (Å²) in [5, 5.41) is 6.94. The van der Waals surface area contributed by atoms with E-state index in [1.807, 2.05) is 4.57 Å². The first kappa shape index (κ1) is 13.4. The van der Waals surface area contributed by atoms with Gasteiger partial charge in [-0.25, -0.2) is 4.98 Å². The predicted molar refractivity (Wildman–Crippen MR) is 78.3 cm³/mol. The quantitative estimate of drug-likeness (QED) is 0.896. The van der Waals surface area contributed by atoms with Gasteiger partial charge in [0.2, 0.25) is 0 Å². The molecule has 1 aromatic heterocycles. The van der Waals surface area contributed by atoms with Crippen LogP contribution in [0.1, 0.15) is 16.3 Å². The van der Waals surface area contributed by atoms with E-state index in [-0.39, 0.29) is 5.91 Å². The van der Waals surface area contributed by atoms with Crippen LogP contribution in [0.4, 0.5) is 5.69 Å². The van der Waals surface area contributed by atoms with Crippen LogP contribution in [0, 0.1) is 0 Å². The van der Waals surface area contributed by atoms with E-state index in [4.69, 9.17) is 23.2 Å². The van der Waals surface area contributed by atoms with Crippen molar-refractivity contribution in [2.45, 2.75) is 13.1 Å². The first-order valence-electron chi connectivity index (χ1n) is 6.16. The van der Waals surface area contributed by atoms with Crippen molar-refractivity contribution in [1.82, 2.24) is 14.9 Å². The fourth-order valence-corrected chi connectivity index (χ4v) is 2.49. The van der Waals surface area contributed by atoms with Crippen molar-refractivity contribution in [3.63, 3.8) is 0 Å². The van der Waals surface area contributed by atoms with Crippen molar-refractivity contribution < 1.29 is 4.79 Å². The number of aromatic nitrogens is 2. The topological polar surface area (TPSA) is 59.0 Å². The SMILES string of the molecule is O=C(Nc1cc(Cl)ccc1Cl)c1cnc2n1CCNC2. The highest BCUT2D eigenvalue weighted by atomic mass is 35.5. The lowest BCUT2D eigenvalue weighted by Gasteiger charge is -2.17. The summed E-state index contributed by atoms with van der Waals surface area (Å²) in [7, 11) is 0. The number of halogens is 2. The van der Waals surface area contributed by atoms with Crippen molar-refractivity contribution in [3.8, 4) is 0 Å². The van der Waals surface area contributed by atoms with Crippen LogP contribution in [-0.4, -0.2) is 22.0 Å². The van der Waals surface area contributed by atoms with Gasteiger partial charge in [-0.05, 0) is 18.2 Å². The number of carbonyl (C=O) groups excluding carboxylic acids is 1. The van der Waals surface area contributed by atoms with Gasteiger partial charge >= 0.3 is 0 Å². The Labute approximate surface area is 125 Å². The van der Waals surface area contributed by atoms with Gasteiger partial charge in [0.1, 0.15) is 11.5 Å². The average Bonchev–Trinajstić information content (AvgIpc) is 2.87. The Morgan fingerprint density at radius 2 is 2.25 bits per heavy atom. The number of hydrogen-bond donors (Lipinski definition) is 2. The maximum absolute atomic E-state index is 12.3. The average molecular weight is 311 g/mol. The first-order valence-corrected chi connectivity index (χ1v) is 6.92. The lowest BCUT2D eigenvalue weighted by atomic mass is 10.3. The van der Waals surface area contributed by atoms with Crippen molar-refractivity contribution in [1.29, 1.82) is 0 Å². The number of fused-ring (bicyclic) bond motifs is 1. The Hall–Kier alpha value is -1.56. The molecule has 0 fully saturated rings. The van der Waals surface area contributed by atoms with Gasteiger partial charge in [0.05, 0.1) is 23.5 Å². The van der Waals surface area contributed by atoms with E-state index in [1.54, 1.807) is 24.4 Å². The normalized spacial score (nSPS) is 13.9. The van der Waals surface area contributed by atoms with Crippen LogP contribution in [0.25, 0.3) is 0 Å². The Balaban J connectivity index is 1.86. The number of imidazole rings is 1. The molecule has 1 aliphatic rings. The highest BCUT2D eigenvalue weighted by Crippen LogP contribution is 2.26. The van der Waals surface area contributed by atoms with Gasteiger partial charge in [0.15, 0.2) is 0 Å². The van der Waals surface area contributed by atoms with Crippen LogP contribution < -0.4 is 10.6 Å². The summed E-state index contributed by atoms with van der Waals surface area (Å²) >= 11 is 11.9. The highest BCUT2D eigenvalue weighted by molar-refractivity contribution is 6.35. The monoisotopic (exact) mass is 310 g/mol. The number of rotatable bonds is 2. The Morgan fingerprint density at radius 3 is 3.10 bits per heavy atom. The van der Waals surface area contributed by atoms with Gasteiger partial charge in [0.25, 0.3) is 5.91 Å². The first-order chi connectivity index (χ1) is 9.65. The molecule has 0 saturated carbocycles. The summed E-state index contributed by atoms with van der Waals surface area (Å²) in [6.07, 6.45) is 1.58. The summed E-state index contributed by atoms with van der Waals surface area (Å²) in [6, 6.07) is 4.94. The zero-order valence-electron chi connectivity index (χ0n) is 10.5. The van der Waals surface area contributed by atoms with Crippen LogP contribution in [0.5, 0.6) is 0 Å². The number of nitrogens with zero attached hydrogens (tertiary/aromatic N) is 2. The third-order valence-corrected chi connectivity index (χ3v) is 3.71. The number of nitrogens with one attached hydrogen (secondary N) is 2. The Kier molecular flexibility index (Phi) is 3.65. The molecule has 2 aromatic rings.